The molecule has 0 aromatic carbocycles. The van der Waals surface area contributed by atoms with Crippen LogP contribution in [0, 0.1) is 45.3 Å². The molecule has 4 aliphatic rings. The van der Waals surface area contributed by atoms with Crippen LogP contribution >= 0.6 is 0 Å². The average Bonchev–Trinajstić information content (AvgIpc) is 2.98. The van der Waals surface area contributed by atoms with Gasteiger partial charge in [-0.2, -0.15) is 0 Å². The third-order valence-electron chi connectivity index (χ3n) is 12.3. The fraction of sp³-hybridized carbons (Fsp3) is 0.839. The number of hydrogen-bond donors (Lipinski definition) is 3. The Labute approximate surface area is 213 Å². The molecule has 0 aliphatic heterocycles. The summed E-state index contributed by atoms with van der Waals surface area (Å²) in [5.74, 6) is -0.415. The van der Waals surface area contributed by atoms with Crippen molar-refractivity contribution >= 4 is 5.97 Å². The second-order valence-corrected chi connectivity index (χ2v) is 14.1. The van der Waals surface area contributed by atoms with Crippen LogP contribution in [-0.2, 0) is 4.79 Å². The van der Waals surface area contributed by atoms with E-state index in [1.807, 2.05) is 0 Å². The molecule has 0 aromatic heterocycles. The minimum atomic E-state index is -0.720. The lowest BCUT2D eigenvalue weighted by Crippen LogP contribution is -2.56. The van der Waals surface area contributed by atoms with Gasteiger partial charge in [-0.05, 0) is 91.8 Å². The summed E-state index contributed by atoms with van der Waals surface area (Å²) in [6.07, 6.45) is 6.90. The maximum atomic E-state index is 12.6. The number of fused-ring (bicyclic) bond motifs is 4. The maximum absolute atomic E-state index is 12.6. The summed E-state index contributed by atoms with van der Waals surface area (Å²) in [4.78, 5) is 12.6. The topological polar surface area (TPSA) is 77.8 Å². The Morgan fingerprint density at radius 2 is 1.66 bits per heavy atom. The molecule has 0 aromatic rings. The number of aliphatic carboxylic acids is 1. The lowest BCUT2D eigenvalue weighted by molar-refractivity contribution is -0.147. The number of allylic oxidation sites excluding steroid dienone is 2. The molecule has 0 radical (unpaired) electrons. The minimum absolute atomic E-state index is 0.0378. The second kappa shape index (κ2) is 8.72. The van der Waals surface area contributed by atoms with Gasteiger partial charge in [0.2, 0.25) is 0 Å². The normalized spacial score (nSPS) is 43.4. The Hall–Kier alpha value is -1.13. The van der Waals surface area contributed by atoms with Gasteiger partial charge in [-0.25, -0.2) is 0 Å². The molecule has 4 heteroatoms. The number of carboxylic acids is 1. The molecule has 35 heavy (non-hydrogen) atoms. The first-order valence-electron chi connectivity index (χ1n) is 14.1. The second-order valence-electron chi connectivity index (χ2n) is 14.1. The number of rotatable bonds is 6. The summed E-state index contributed by atoms with van der Waals surface area (Å²) in [6.45, 7) is 19.9. The highest BCUT2D eigenvalue weighted by molar-refractivity contribution is 5.71. The highest BCUT2D eigenvalue weighted by atomic mass is 16.4. The molecule has 8 unspecified atom stereocenters. The van der Waals surface area contributed by atoms with Gasteiger partial charge in [0.1, 0.15) is 0 Å². The van der Waals surface area contributed by atoms with Crippen molar-refractivity contribution in [1.82, 2.24) is 0 Å². The molecular weight excluding hydrogens is 436 g/mol. The molecule has 0 heterocycles. The van der Waals surface area contributed by atoms with Crippen LogP contribution in [0.3, 0.4) is 0 Å². The van der Waals surface area contributed by atoms with E-state index in [1.165, 1.54) is 11.1 Å². The molecule has 0 amide bonds. The molecule has 4 rings (SSSR count). The summed E-state index contributed by atoms with van der Waals surface area (Å²) in [5.41, 5.74) is 3.40. The van der Waals surface area contributed by atoms with Crippen LogP contribution in [0.5, 0.6) is 0 Å². The molecule has 3 N–H and O–H groups in total. The van der Waals surface area contributed by atoms with E-state index in [2.05, 4.69) is 55.0 Å². The van der Waals surface area contributed by atoms with E-state index >= 15 is 0 Å². The summed E-state index contributed by atoms with van der Waals surface area (Å²) in [7, 11) is 0. The third-order valence-corrected chi connectivity index (χ3v) is 12.3. The zero-order chi connectivity index (χ0) is 26.1. The number of aliphatic hydroxyl groups is 2. The van der Waals surface area contributed by atoms with E-state index in [4.69, 9.17) is 0 Å². The van der Waals surface area contributed by atoms with Crippen molar-refractivity contribution in [3.05, 3.63) is 23.3 Å². The number of carboxylic acid groups (broad SMARTS) is 1. The quantitative estimate of drug-likeness (QED) is 0.362. The maximum Gasteiger partial charge on any atom is 0.306 e. The Kier molecular flexibility index (Phi) is 6.71. The van der Waals surface area contributed by atoms with Gasteiger partial charge in [0.25, 0.3) is 0 Å². The number of aliphatic hydroxyl groups excluding tert-OH is 2. The summed E-state index contributed by atoms with van der Waals surface area (Å²) >= 11 is 0. The van der Waals surface area contributed by atoms with Crippen LogP contribution in [0.15, 0.2) is 23.3 Å². The predicted octanol–water partition coefficient (Wildman–Crippen LogP) is 6.76. The number of hydrogen-bond acceptors (Lipinski definition) is 3. The molecular formula is C31H50O4. The van der Waals surface area contributed by atoms with Gasteiger partial charge in [0.15, 0.2) is 0 Å². The van der Waals surface area contributed by atoms with Crippen molar-refractivity contribution in [3.63, 3.8) is 0 Å². The van der Waals surface area contributed by atoms with Gasteiger partial charge in [0.05, 0.1) is 18.1 Å². The fourth-order valence-corrected chi connectivity index (χ4v) is 9.49. The first-order chi connectivity index (χ1) is 16.1. The smallest absolute Gasteiger partial charge is 0.306 e. The van der Waals surface area contributed by atoms with E-state index in [9.17, 15) is 20.1 Å². The van der Waals surface area contributed by atoms with Crippen LogP contribution in [-0.4, -0.2) is 33.5 Å². The van der Waals surface area contributed by atoms with Crippen molar-refractivity contribution in [1.29, 1.82) is 0 Å². The highest BCUT2D eigenvalue weighted by Gasteiger charge is 2.67. The Balaban J connectivity index is 1.72. The van der Waals surface area contributed by atoms with E-state index in [1.54, 1.807) is 0 Å². The van der Waals surface area contributed by atoms with Gasteiger partial charge >= 0.3 is 5.97 Å². The van der Waals surface area contributed by atoms with Crippen molar-refractivity contribution in [3.8, 4) is 0 Å². The van der Waals surface area contributed by atoms with Crippen LogP contribution in [0.1, 0.15) is 106 Å². The highest BCUT2D eigenvalue weighted by Crippen LogP contribution is 2.72. The fourth-order valence-electron chi connectivity index (χ4n) is 9.49. The van der Waals surface area contributed by atoms with Gasteiger partial charge in [-0.1, -0.05) is 71.8 Å². The van der Waals surface area contributed by atoms with Crippen molar-refractivity contribution in [2.24, 2.45) is 45.3 Å². The molecule has 0 spiro atoms. The van der Waals surface area contributed by atoms with Gasteiger partial charge in [0, 0.05) is 5.41 Å². The van der Waals surface area contributed by atoms with Gasteiger partial charge < -0.3 is 15.3 Å². The van der Waals surface area contributed by atoms with Crippen molar-refractivity contribution in [2.45, 2.75) is 118 Å². The largest absolute Gasteiger partial charge is 0.481 e. The van der Waals surface area contributed by atoms with E-state index in [0.29, 0.717) is 24.7 Å². The predicted molar refractivity (Wildman–Crippen MR) is 141 cm³/mol. The lowest BCUT2D eigenvalue weighted by atomic mass is 9.43. The third kappa shape index (κ3) is 3.71. The van der Waals surface area contributed by atoms with Crippen molar-refractivity contribution in [2.75, 3.05) is 0 Å². The van der Waals surface area contributed by atoms with Crippen LogP contribution < -0.4 is 0 Å². The van der Waals surface area contributed by atoms with Crippen LogP contribution in [0.4, 0.5) is 0 Å². The molecule has 2 fully saturated rings. The minimum Gasteiger partial charge on any atom is -0.481 e. The zero-order valence-corrected chi connectivity index (χ0v) is 23.3. The molecule has 4 aliphatic carbocycles. The summed E-state index contributed by atoms with van der Waals surface area (Å²) in [6, 6.07) is 0. The molecule has 4 nitrogen and oxygen atoms in total. The van der Waals surface area contributed by atoms with Gasteiger partial charge in [-0.3, -0.25) is 4.79 Å². The standard InChI is InChI=1S/C31H50O4/c1-18(2)19(3)9-10-20(27(34)35)23-17-26(33)31(8)22-11-12-24-28(4,5)25(32)14-15-29(24,6)21(22)13-16-30(23,31)7/h18,20,23-26,32-33H,3,9-17H2,1-2,4-8H3,(H,34,35). The van der Waals surface area contributed by atoms with Gasteiger partial charge in [-0.15, -0.1) is 0 Å². The SMILES string of the molecule is C=C(CCC(C(=O)O)C1CC(O)C2(C)C3=C(CCC12C)C1(C)CCC(O)C(C)(C)C1CC3)C(C)C. The summed E-state index contributed by atoms with van der Waals surface area (Å²) < 4.78 is 0. The Morgan fingerprint density at radius 1 is 1.00 bits per heavy atom. The average molecular weight is 487 g/mol. The Morgan fingerprint density at radius 3 is 2.26 bits per heavy atom. The zero-order valence-electron chi connectivity index (χ0n) is 23.3. The molecule has 198 valence electrons. The number of carbonyl (C=O) groups is 1. The lowest BCUT2D eigenvalue weighted by Gasteiger charge is -2.62. The van der Waals surface area contributed by atoms with E-state index < -0.39 is 18.0 Å². The first-order valence-corrected chi connectivity index (χ1v) is 14.1. The van der Waals surface area contributed by atoms with Crippen LogP contribution in [0.2, 0.25) is 0 Å². The van der Waals surface area contributed by atoms with E-state index in [-0.39, 0.29) is 33.7 Å². The molecule has 0 bridgehead atoms. The van der Waals surface area contributed by atoms with Crippen LogP contribution in [0.25, 0.3) is 0 Å². The monoisotopic (exact) mass is 486 g/mol. The summed E-state index contributed by atoms with van der Waals surface area (Å²) in [5, 5.41) is 32.8. The first kappa shape index (κ1) is 26.9. The van der Waals surface area contributed by atoms with Crippen molar-refractivity contribution < 1.29 is 20.1 Å². The van der Waals surface area contributed by atoms with E-state index in [0.717, 1.165) is 50.5 Å². The molecule has 2 saturated carbocycles. The molecule has 8 atom stereocenters. The molecule has 0 saturated heterocycles. The Bertz CT molecular complexity index is 915.